The Hall–Kier alpha value is -1.45. The molecule has 0 aliphatic carbocycles. The minimum absolute atomic E-state index is 0.438. The predicted octanol–water partition coefficient (Wildman–Crippen LogP) is 3.76. The summed E-state index contributed by atoms with van der Waals surface area (Å²) in [6.07, 6.45) is 1.52. The largest absolute Gasteiger partial charge is 0.439 e. The molecular formula is C11H8Cl2N2O. The lowest BCUT2D eigenvalue weighted by Crippen LogP contribution is -1.90. The molecule has 0 unspecified atom stereocenters. The van der Waals surface area contributed by atoms with Gasteiger partial charge in [-0.25, -0.2) is 4.98 Å². The van der Waals surface area contributed by atoms with Crippen molar-refractivity contribution in [3.05, 3.63) is 46.6 Å². The van der Waals surface area contributed by atoms with E-state index in [0.717, 1.165) is 0 Å². The summed E-state index contributed by atoms with van der Waals surface area (Å²) in [5, 5.41) is 1.02. The number of hydrogen-bond acceptors (Lipinski definition) is 3. The van der Waals surface area contributed by atoms with Crippen molar-refractivity contribution in [1.29, 1.82) is 0 Å². The van der Waals surface area contributed by atoms with Crippen LogP contribution in [0.25, 0.3) is 0 Å². The van der Waals surface area contributed by atoms with Crippen LogP contribution in [0.1, 0.15) is 0 Å². The highest BCUT2D eigenvalue weighted by Gasteiger charge is 2.01. The highest BCUT2D eigenvalue weighted by atomic mass is 35.5. The number of ether oxygens (including phenoxy) is 1. The summed E-state index contributed by atoms with van der Waals surface area (Å²) in [6, 6.07) is 8.32. The van der Waals surface area contributed by atoms with Gasteiger partial charge in [0.2, 0.25) is 5.88 Å². The number of nitrogens with zero attached hydrogens (tertiary/aromatic N) is 1. The number of nitrogens with two attached hydrogens (primary N) is 1. The Bertz CT molecular complexity index is 480. The third-order valence-electron chi connectivity index (χ3n) is 1.82. The number of aromatic nitrogens is 1. The smallest absolute Gasteiger partial charge is 0.219 e. The third kappa shape index (κ3) is 2.78. The second kappa shape index (κ2) is 4.60. The van der Waals surface area contributed by atoms with Crippen LogP contribution in [0.3, 0.4) is 0 Å². The minimum atomic E-state index is 0.438. The maximum Gasteiger partial charge on any atom is 0.219 e. The van der Waals surface area contributed by atoms with E-state index < -0.39 is 0 Å². The number of halogens is 2. The summed E-state index contributed by atoms with van der Waals surface area (Å²) in [4.78, 5) is 4.00. The van der Waals surface area contributed by atoms with E-state index in [0.29, 0.717) is 27.4 Å². The standard InChI is InChI=1S/C11H8Cl2N2O/c12-7-3-8(13)5-10(4-7)16-11-2-1-9(14)6-15-11/h1-6H,14H2. The van der Waals surface area contributed by atoms with E-state index >= 15 is 0 Å². The van der Waals surface area contributed by atoms with E-state index in [1.54, 1.807) is 30.3 Å². The number of anilines is 1. The van der Waals surface area contributed by atoms with Crippen molar-refractivity contribution in [2.45, 2.75) is 0 Å². The molecule has 2 aromatic rings. The fraction of sp³-hybridized carbons (Fsp3) is 0. The highest BCUT2D eigenvalue weighted by Crippen LogP contribution is 2.27. The van der Waals surface area contributed by atoms with E-state index in [1.165, 1.54) is 6.20 Å². The zero-order chi connectivity index (χ0) is 11.5. The molecule has 0 fully saturated rings. The number of pyridine rings is 1. The molecule has 1 aromatic carbocycles. The lowest BCUT2D eigenvalue weighted by molar-refractivity contribution is 0.463. The van der Waals surface area contributed by atoms with Gasteiger partial charge in [-0.2, -0.15) is 0 Å². The van der Waals surface area contributed by atoms with Crippen molar-refractivity contribution in [2.75, 3.05) is 5.73 Å². The van der Waals surface area contributed by atoms with E-state index in [1.807, 2.05) is 0 Å². The first kappa shape index (κ1) is 11.0. The SMILES string of the molecule is Nc1ccc(Oc2cc(Cl)cc(Cl)c2)nc1. The quantitative estimate of drug-likeness (QED) is 0.888. The van der Waals surface area contributed by atoms with Gasteiger partial charge >= 0.3 is 0 Å². The molecule has 16 heavy (non-hydrogen) atoms. The Balaban J connectivity index is 2.23. The first-order valence-corrected chi connectivity index (χ1v) is 5.24. The van der Waals surface area contributed by atoms with Gasteiger partial charge in [-0.05, 0) is 24.3 Å². The topological polar surface area (TPSA) is 48.1 Å². The summed E-state index contributed by atoms with van der Waals surface area (Å²) in [6.45, 7) is 0. The molecule has 0 aliphatic rings. The van der Waals surface area contributed by atoms with Gasteiger partial charge in [0.1, 0.15) is 5.75 Å². The van der Waals surface area contributed by atoms with Crippen molar-refractivity contribution < 1.29 is 4.74 Å². The van der Waals surface area contributed by atoms with Crippen molar-refractivity contribution >= 4 is 28.9 Å². The molecule has 3 nitrogen and oxygen atoms in total. The van der Waals surface area contributed by atoms with Crippen LogP contribution in [-0.2, 0) is 0 Å². The van der Waals surface area contributed by atoms with Gasteiger partial charge in [-0.3, -0.25) is 0 Å². The van der Waals surface area contributed by atoms with E-state index in [9.17, 15) is 0 Å². The van der Waals surface area contributed by atoms with Crippen LogP contribution >= 0.6 is 23.2 Å². The zero-order valence-electron chi connectivity index (χ0n) is 8.15. The molecule has 0 bridgehead atoms. The molecule has 82 valence electrons. The molecule has 0 spiro atoms. The molecule has 0 amide bonds. The lowest BCUT2D eigenvalue weighted by Gasteiger charge is -2.05. The first-order chi connectivity index (χ1) is 7.63. The Morgan fingerprint density at radius 2 is 1.75 bits per heavy atom. The van der Waals surface area contributed by atoms with E-state index in [4.69, 9.17) is 33.7 Å². The Labute approximate surface area is 103 Å². The maximum atomic E-state index is 5.84. The molecular weight excluding hydrogens is 247 g/mol. The average molecular weight is 255 g/mol. The van der Waals surface area contributed by atoms with Crippen LogP contribution in [0.4, 0.5) is 5.69 Å². The highest BCUT2D eigenvalue weighted by molar-refractivity contribution is 6.34. The van der Waals surface area contributed by atoms with Gasteiger partial charge in [0.05, 0.1) is 11.9 Å². The van der Waals surface area contributed by atoms with Crippen LogP contribution in [0.15, 0.2) is 36.5 Å². The fourth-order valence-corrected chi connectivity index (χ4v) is 1.67. The zero-order valence-corrected chi connectivity index (χ0v) is 9.66. The van der Waals surface area contributed by atoms with Gasteiger partial charge in [0, 0.05) is 16.1 Å². The average Bonchev–Trinajstić information content (AvgIpc) is 2.20. The second-order valence-corrected chi connectivity index (χ2v) is 4.01. The third-order valence-corrected chi connectivity index (χ3v) is 2.25. The first-order valence-electron chi connectivity index (χ1n) is 4.49. The summed E-state index contributed by atoms with van der Waals surface area (Å²) >= 11 is 11.7. The fourth-order valence-electron chi connectivity index (χ4n) is 1.16. The molecule has 0 aliphatic heterocycles. The van der Waals surface area contributed by atoms with E-state index in [2.05, 4.69) is 4.98 Å². The number of hydrogen-bond donors (Lipinski definition) is 1. The molecule has 0 saturated heterocycles. The number of benzene rings is 1. The number of nitrogen functional groups attached to an aromatic ring is 1. The Morgan fingerprint density at radius 3 is 2.31 bits per heavy atom. The molecule has 0 atom stereocenters. The summed E-state index contributed by atoms with van der Waals surface area (Å²) in [5.41, 5.74) is 6.09. The van der Waals surface area contributed by atoms with Crippen molar-refractivity contribution in [3.8, 4) is 11.6 Å². The van der Waals surface area contributed by atoms with Gasteiger partial charge < -0.3 is 10.5 Å². The summed E-state index contributed by atoms with van der Waals surface area (Å²) < 4.78 is 5.46. The summed E-state index contributed by atoms with van der Waals surface area (Å²) in [5.74, 6) is 0.974. The number of rotatable bonds is 2. The second-order valence-electron chi connectivity index (χ2n) is 3.14. The van der Waals surface area contributed by atoms with Crippen LogP contribution in [-0.4, -0.2) is 4.98 Å². The Morgan fingerprint density at radius 1 is 1.06 bits per heavy atom. The molecule has 2 rings (SSSR count). The Kier molecular flexibility index (Phi) is 3.17. The predicted molar refractivity (Wildman–Crippen MR) is 65.2 cm³/mol. The lowest BCUT2D eigenvalue weighted by atomic mass is 10.3. The van der Waals surface area contributed by atoms with Crippen molar-refractivity contribution in [1.82, 2.24) is 4.98 Å². The van der Waals surface area contributed by atoms with E-state index in [-0.39, 0.29) is 0 Å². The van der Waals surface area contributed by atoms with Gasteiger partial charge in [-0.15, -0.1) is 0 Å². The van der Waals surface area contributed by atoms with Gasteiger partial charge in [0.25, 0.3) is 0 Å². The van der Waals surface area contributed by atoms with Crippen molar-refractivity contribution in [2.24, 2.45) is 0 Å². The molecule has 1 aromatic heterocycles. The van der Waals surface area contributed by atoms with Gasteiger partial charge in [0.15, 0.2) is 0 Å². The van der Waals surface area contributed by atoms with Crippen LogP contribution in [0.5, 0.6) is 11.6 Å². The molecule has 1 heterocycles. The monoisotopic (exact) mass is 254 g/mol. The van der Waals surface area contributed by atoms with Crippen LogP contribution < -0.4 is 10.5 Å². The van der Waals surface area contributed by atoms with Crippen LogP contribution in [0, 0.1) is 0 Å². The molecule has 2 N–H and O–H groups in total. The maximum absolute atomic E-state index is 5.84. The van der Waals surface area contributed by atoms with Crippen LogP contribution in [0.2, 0.25) is 10.0 Å². The van der Waals surface area contributed by atoms with Gasteiger partial charge in [-0.1, -0.05) is 23.2 Å². The minimum Gasteiger partial charge on any atom is -0.439 e. The normalized spacial score (nSPS) is 10.1. The summed E-state index contributed by atoms with van der Waals surface area (Å²) in [7, 11) is 0. The molecule has 0 saturated carbocycles. The molecule has 0 radical (unpaired) electrons. The molecule has 5 heteroatoms. The van der Waals surface area contributed by atoms with Crippen molar-refractivity contribution in [3.63, 3.8) is 0 Å².